The van der Waals surface area contributed by atoms with Gasteiger partial charge in [-0.05, 0) is 5.39 Å². The van der Waals surface area contributed by atoms with E-state index in [1.165, 1.54) is 32.3 Å². The van der Waals surface area contributed by atoms with Crippen LogP contribution in [-0.2, 0) is 22.4 Å². The number of halogens is 2. The van der Waals surface area contributed by atoms with Crippen LogP contribution in [-0.4, -0.2) is 0 Å². The van der Waals surface area contributed by atoms with Crippen LogP contribution in [0.15, 0.2) is 66.7 Å². The molecule has 0 heterocycles. The molecule has 0 fully saturated rings. The third-order valence-electron chi connectivity index (χ3n) is 3.50. The zero-order valence-electron chi connectivity index (χ0n) is 10.6. The molecule has 0 nitrogen and oxygen atoms in total. The first kappa shape index (κ1) is 17.2. The van der Waals surface area contributed by atoms with Crippen molar-refractivity contribution in [2.45, 2.75) is 0 Å². The predicted octanol–water partition coefficient (Wildman–Crippen LogP) is -1.13. The van der Waals surface area contributed by atoms with Crippen LogP contribution in [0.3, 0.4) is 0 Å². The number of hydrogen-bond donors (Lipinski definition) is 0. The fourth-order valence-corrected chi connectivity index (χ4v) is 2.73. The number of benzene rings is 3. The summed E-state index contributed by atoms with van der Waals surface area (Å²) in [5.74, 6) is 0. The Labute approximate surface area is 145 Å². The molecular formula is C17H11Cl2Nb. The Balaban J connectivity index is 0.000000667. The summed E-state index contributed by atoms with van der Waals surface area (Å²) in [6.45, 7) is 0. The fraction of sp³-hybridized carbons (Fsp3) is 0. The van der Waals surface area contributed by atoms with Crippen LogP contribution >= 0.6 is 0 Å². The van der Waals surface area contributed by atoms with Gasteiger partial charge < -0.3 is 24.8 Å². The average Bonchev–Trinajstić information content (AvgIpc) is 2.77. The molecule has 0 radical (unpaired) electrons. The van der Waals surface area contributed by atoms with E-state index >= 15 is 0 Å². The molecule has 4 rings (SSSR count). The zero-order valence-corrected chi connectivity index (χ0v) is 14.3. The van der Waals surface area contributed by atoms with Crippen LogP contribution < -0.4 is 24.8 Å². The van der Waals surface area contributed by atoms with Gasteiger partial charge in [0, 0.05) is 0 Å². The molecule has 0 aliphatic rings. The number of rotatable bonds is 0. The average molecular weight is 379 g/mol. The van der Waals surface area contributed by atoms with Crippen molar-refractivity contribution in [1.29, 1.82) is 0 Å². The number of hydrogen-bond acceptors (Lipinski definition) is 0. The van der Waals surface area contributed by atoms with Crippen LogP contribution in [0.1, 0.15) is 0 Å². The second-order valence-corrected chi connectivity index (χ2v) is 4.48. The summed E-state index contributed by atoms with van der Waals surface area (Å²) in [4.78, 5) is 0. The standard InChI is InChI=1S/C17H11.2ClH.Nb/c1-3-7-15-12(5-1)9-10-14-11-13-6-2-4-8-16(13)17(14)15;;;/h1-11H;2*1H;/q-1;;;+3/p-2. The fourth-order valence-electron chi connectivity index (χ4n) is 2.73. The van der Waals surface area contributed by atoms with Gasteiger partial charge >= 0.3 is 22.4 Å². The van der Waals surface area contributed by atoms with Crippen LogP contribution in [0.5, 0.6) is 0 Å². The molecule has 0 aromatic heterocycles. The van der Waals surface area contributed by atoms with Crippen LogP contribution in [0.25, 0.3) is 32.3 Å². The summed E-state index contributed by atoms with van der Waals surface area (Å²) >= 11 is 0. The molecule has 0 spiro atoms. The van der Waals surface area contributed by atoms with E-state index in [9.17, 15) is 0 Å². The number of fused-ring (bicyclic) bond motifs is 5. The monoisotopic (exact) mass is 378 g/mol. The van der Waals surface area contributed by atoms with Crippen molar-refractivity contribution in [3.8, 4) is 0 Å². The van der Waals surface area contributed by atoms with Crippen molar-refractivity contribution >= 4 is 32.3 Å². The minimum absolute atomic E-state index is 0. The van der Waals surface area contributed by atoms with E-state index in [0.29, 0.717) is 0 Å². The molecule has 4 aromatic carbocycles. The Bertz CT molecular complexity index is 843. The maximum absolute atomic E-state index is 2.27. The topological polar surface area (TPSA) is 0 Å². The smallest absolute Gasteiger partial charge is 1.00 e. The van der Waals surface area contributed by atoms with Gasteiger partial charge in [0.1, 0.15) is 0 Å². The molecular weight excluding hydrogens is 368 g/mol. The van der Waals surface area contributed by atoms with Crippen molar-refractivity contribution in [3.63, 3.8) is 0 Å². The maximum atomic E-state index is 2.27. The molecule has 0 bridgehead atoms. The van der Waals surface area contributed by atoms with Crippen molar-refractivity contribution in [2.75, 3.05) is 0 Å². The minimum Gasteiger partial charge on any atom is -1.00 e. The summed E-state index contributed by atoms with van der Waals surface area (Å²) in [7, 11) is 0. The summed E-state index contributed by atoms with van der Waals surface area (Å²) in [5.41, 5.74) is 0. The molecule has 0 N–H and O–H groups in total. The van der Waals surface area contributed by atoms with Crippen molar-refractivity contribution in [1.82, 2.24) is 0 Å². The SMILES string of the molecule is [Cl-].[Cl-].[Nb+3].c1ccc2c(c1)ccc1[cH-]c3ccccc3c12. The van der Waals surface area contributed by atoms with E-state index in [-0.39, 0.29) is 47.2 Å². The third-order valence-corrected chi connectivity index (χ3v) is 3.50. The molecule has 0 aliphatic carbocycles. The van der Waals surface area contributed by atoms with Crippen molar-refractivity contribution < 1.29 is 47.2 Å². The Morgan fingerprint density at radius 2 is 1.25 bits per heavy atom. The first-order chi connectivity index (χ1) is 8.43. The quantitative estimate of drug-likeness (QED) is 0.268. The summed E-state index contributed by atoms with van der Waals surface area (Å²) in [6, 6.07) is 23.9. The second kappa shape index (κ2) is 6.71. The van der Waals surface area contributed by atoms with Crippen molar-refractivity contribution in [3.05, 3.63) is 66.7 Å². The summed E-state index contributed by atoms with van der Waals surface area (Å²) < 4.78 is 0. The van der Waals surface area contributed by atoms with Gasteiger partial charge in [-0.1, -0.05) is 53.9 Å². The normalized spacial score (nSPS) is 9.80. The molecule has 0 saturated carbocycles. The molecule has 4 aromatic rings. The van der Waals surface area contributed by atoms with Gasteiger partial charge in [0.2, 0.25) is 0 Å². The van der Waals surface area contributed by atoms with Crippen LogP contribution in [0.2, 0.25) is 0 Å². The Hall–Kier alpha value is -0.890. The first-order valence-electron chi connectivity index (χ1n) is 5.89. The molecule has 0 atom stereocenters. The molecule has 3 heteroatoms. The largest absolute Gasteiger partial charge is 3.00 e. The van der Waals surface area contributed by atoms with E-state index in [1.54, 1.807) is 0 Å². The molecule has 0 aliphatic heterocycles. The van der Waals surface area contributed by atoms with Gasteiger partial charge in [0.15, 0.2) is 0 Å². The van der Waals surface area contributed by atoms with Gasteiger partial charge in [-0.2, -0.15) is 0 Å². The van der Waals surface area contributed by atoms with Gasteiger partial charge in [0.05, 0.1) is 0 Å². The molecule has 0 amide bonds. The van der Waals surface area contributed by atoms with E-state index in [1.807, 2.05) is 0 Å². The Morgan fingerprint density at radius 1 is 0.600 bits per heavy atom. The van der Waals surface area contributed by atoms with Gasteiger partial charge in [-0.15, -0.1) is 39.7 Å². The van der Waals surface area contributed by atoms with Gasteiger partial charge in [-0.25, -0.2) is 0 Å². The van der Waals surface area contributed by atoms with E-state index in [2.05, 4.69) is 66.7 Å². The first-order valence-corrected chi connectivity index (χ1v) is 5.89. The summed E-state index contributed by atoms with van der Waals surface area (Å²) in [5, 5.41) is 8.09. The van der Waals surface area contributed by atoms with Gasteiger partial charge in [-0.3, -0.25) is 0 Å². The van der Waals surface area contributed by atoms with E-state index in [0.717, 1.165) is 0 Å². The predicted molar refractivity (Wildman–Crippen MR) is 74.6 cm³/mol. The summed E-state index contributed by atoms with van der Waals surface area (Å²) in [6.07, 6.45) is 0. The Kier molecular flexibility index (Phi) is 5.76. The van der Waals surface area contributed by atoms with Crippen LogP contribution in [0.4, 0.5) is 0 Å². The Morgan fingerprint density at radius 3 is 2.05 bits per heavy atom. The van der Waals surface area contributed by atoms with E-state index < -0.39 is 0 Å². The maximum Gasteiger partial charge on any atom is 3.00 e. The minimum atomic E-state index is 0. The van der Waals surface area contributed by atoms with Crippen molar-refractivity contribution in [2.24, 2.45) is 0 Å². The molecule has 0 unspecified atom stereocenters. The second-order valence-electron chi connectivity index (χ2n) is 4.48. The molecule has 0 saturated heterocycles. The molecule has 98 valence electrons. The van der Waals surface area contributed by atoms with E-state index in [4.69, 9.17) is 0 Å². The third kappa shape index (κ3) is 2.50. The van der Waals surface area contributed by atoms with Gasteiger partial charge in [0.25, 0.3) is 0 Å². The van der Waals surface area contributed by atoms with Crippen LogP contribution in [0, 0.1) is 0 Å². The zero-order chi connectivity index (χ0) is 11.2. The molecule has 20 heavy (non-hydrogen) atoms.